The quantitative estimate of drug-likeness (QED) is 0.847. The molecule has 2 aromatic rings. The number of hydrogen-bond acceptors (Lipinski definition) is 4. The first-order chi connectivity index (χ1) is 11.5. The summed E-state index contributed by atoms with van der Waals surface area (Å²) in [5, 5.41) is 21.1. The first-order valence-corrected chi connectivity index (χ1v) is 7.33. The molecule has 4 nitrogen and oxygen atoms in total. The summed E-state index contributed by atoms with van der Waals surface area (Å²) in [4.78, 5) is 3.52. The molecule has 1 aromatic carbocycles. The fourth-order valence-corrected chi connectivity index (χ4v) is 2.33. The van der Waals surface area contributed by atoms with Crippen molar-refractivity contribution >= 4 is 5.82 Å². The number of anilines is 1. The summed E-state index contributed by atoms with van der Waals surface area (Å²) < 4.78 is 38.3. The zero-order valence-electron chi connectivity index (χ0n) is 12.7. The first kappa shape index (κ1) is 17.8. The number of hydrogen-bond donors (Lipinski definition) is 2. The lowest BCUT2D eigenvalue weighted by Crippen LogP contribution is -2.17. The molecular weight excluding hydrogens is 319 g/mol. The van der Waals surface area contributed by atoms with Gasteiger partial charge in [0, 0.05) is 19.1 Å². The molecule has 0 aliphatic carbocycles. The van der Waals surface area contributed by atoms with Gasteiger partial charge in [0.25, 0.3) is 0 Å². The highest BCUT2D eigenvalue weighted by atomic mass is 19.4. The fourth-order valence-electron chi connectivity index (χ4n) is 2.33. The molecule has 0 radical (unpaired) electrons. The molecule has 2 rings (SSSR count). The van der Waals surface area contributed by atoms with Crippen molar-refractivity contribution in [3.8, 4) is 6.07 Å². The Morgan fingerprint density at radius 2 is 1.88 bits per heavy atom. The van der Waals surface area contributed by atoms with E-state index in [0.717, 1.165) is 17.7 Å². The minimum Gasteiger partial charge on any atom is -0.396 e. The third kappa shape index (κ3) is 4.46. The zero-order chi connectivity index (χ0) is 17.6. The Kier molecular flexibility index (Phi) is 5.77. The average Bonchev–Trinajstić information content (AvgIpc) is 2.58. The second kappa shape index (κ2) is 7.79. The summed E-state index contributed by atoms with van der Waals surface area (Å²) in [6, 6.07) is 13.0. The van der Waals surface area contributed by atoms with Crippen LogP contribution >= 0.6 is 0 Å². The van der Waals surface area contributed by atoms with E-state index in [4.69, 9.17) is 5.26 Å². The number of rotatable bonds is 6. The minimum atomic E-state index is -4.58. The fraction of sp³-hybridized carbons (Fsp3) is 0.294. The lowest BCUT2D eigenvalue weighted by molar-refractivity contribution is -0.141. The van der Waals surface area contributed by atoms with E-state index in [1.807, 2.05) is 36.4 Å². The predicted octanol–water partition coefficient (Wildman–Crippen LogP) is 3.55. The number of benzene rings is 1. The third-order valence-electron chi connectivity index (χ3n) is 3.57. The van der Waals surface area contributed by atoms with Crippen molar-refractivity contribution in [1.29, 1.82) is 5.26 Å². The van der Waals surface area contributed by atoms with Gasteiger partial charge >= 0.3 is 6.18 Å². The molecule has 1 atom stereocenters. The molecule has 0 saturated heterocycles. The highest BCUT2D eigenvalue weighted by molar-refractivity contribution is 5.52. The average molecular weight is 335 g/mol. The molecule has 2 N–H and O–H groups in total. The van der Waals surface area contributed by atoms with Gasteiger partial charge in [-0.25, -0.2) is 4.98 Å². The molecule has 24 heavy (non-hydrogen) atoms. The van der Waals surface area contributed by atoms with Gasteiger partial charge in [-0.3, -0.25) is 0 Å². The van der Waals surface area contributed by atoms with E-state index >= 15 is 0 Å². The number of alkyl halides is 3. The monoisotopic (exact) mass is 335 g/mol. The number of nitrogens with one attached hydrogen (secondary N) is 1. The maximum atomic E-state index is 12.8. The Labute approximate surface area is 137 Å². The van der Waals surface area contributed by atoms with Crippen LogP contribution in [0.15, 0.2) is 42.5 Å². The smallest absolute Gasteiger partial charge is 0.396 e. The van der Waals surface area contributed by atoms with Crippen LogP contribution in [0.3, 0.4) is 0 Å². The van der Waals surface area contributed by atoms with Gasteiger partial charge in [-0.05, 0) is 24.1 Å². The highest BCUT2D eigenvalue weighted by Gasteiger charge is 2.33. The molecule has 126 valence electrons. The summed E-state index contributed by atoms with van der Waals surface area (Å²) in [6.45, 7) is 0.204. The Balaban J connectivity index is 2.21. The maximum Gasteiger partial charge on any atom is 0.433 e. The van der Waals surface area contributed by atoms with E-state index in [2.05, 4.69) is 10.3 Å². The van der Waals surface area contributed by atoms with Crippen LogP contribution in [0.2, 0.25) is 0 Å². The number of pyridine rings is 1. The summed E-state index contributed by atoms with van der Waals surface area (Å²) in [5.74, 6) is -0.217. The van der Waals surface area contributed by atoms with Crippen LogP contribution in [0.25, 0.3) is 0 Å². The molecule has 0 fully saturated rings. The Hall–Kier alpha value is -2.59. The number of aliphatic hydroxyl groups is 1. The number of halogens is 3. The summed E-state index contributed by atoms with van der Waals surface area (Å²) in [7, 11) is 0. The van der Waals surface area contributed by atoms with Gasteiger partial charge in [0.15, 0.2) is 0 Å². The lowest BCUT2D eigenvalue weighted by Gasteiger charge is -2.18. The molecule has 0 amide bonds. The van der Waals surface area contributed by atoms with E-state index in [-0.39, 0.29) is 30.5 Å². The maximum absolute atomic E-state index is 12.8. The van der Waals surface area contributed by atoms with E-state index in [1.165, 1.54) is 0 Å². The van der Waals surface area contributed by atoms with E-state index in [1.54, 1.807) is 0 Å². The van der Waals surface area contributed by atoms with Crippen LogP contribution in [-0.2, 0) is 6.18 Å². The Morgan fingerprint density at radius 3 is 2.46 bits per heavy atom. The standard InChI is InChI=1S/C17H16F3N3O/c18-17(19,20)15-7-6-13(10-21)16(23-15)22-11-14(8-9-24)12-4-2-1-3-5-12/h1-7,14,24H,8-9,11H2,(H,22,23). The van der Waals surface area contributed by atoms with Crippen LogP contribution in [0.5, 0.6) is 0 Å². The number of aliphatic hydroxyl groups excluding tert-OH is 1. The lowest BCUT2D eigenvalue weighted by atomic mass is 9.96. The van der Waals surface area contributed by atoms with Crippen LogP contribution in [-0.4, -0.2) is 23.2 Å². The molecule has 0 aliphatic heterocycles. The molecule has 1 aromatic heterocycles. The topological polar surface area (TPSA) is 68.9 Å². The predicted molar refractivity (Wildman–Crippen MR) is 83.3 cm³/mol. The third-order valence-corrected chi connectivity index (χ3v) is 3.57. The Bertz CT molecular complexity index is 711. The number of nitrogens with zero attached hydrogens (tertiary/aromatic N) is 2. The minimum absolute atomic E-state index is 0.0406. The van der Waals surface area contributed by atoms with Crippen molar-refractivity contribution in [1.82, 2.24) is 4.98 Å². The van der Waals surface area contributed by atoms with Gasteiger partial charge in [0.1, 0.15) is 17.6 Å². The normalized spacial score (nSPS) is 12.5. The summed E-state index contributed by atoms with van der Waals surface area (Å²) in [6.07, 6.45) is -4.13. The van der Waals surface area contributed by atoms with Crippen LogP contribution < -0.4 is 5.32 Å². The van der Waals surface area contributed by atoms with Crippen molar-refractivity contribution in [2.24, 2.45) is 0 Å². The van der Waals surface area contributed by atoms with Gasteiger partial charge < -0.3 is 10.4 Å². The molecule has 0 aliphatic rings. The van der Waals surface area contributed by atoms with Crippen molar-refractivity contribution in [3.05, 3.63) is 59.3 Å². The highest BCUT2D eigenvalue weighted by Crippen LogP contribution is 2.29. The first-order valence-electron chi connectivity index (χ1n) is 7.33. The summed E-state index contributed by atoms with van der Waals surface area (Å²) >= 11 is 0. The van der Waals surface area contributed by atoms with Gasteiger partial charge in [-0.2, -0.15) is 18.4 Å². The Morgan fingerprint density at radius 1 is 1.17 bits per heavy atom. The molecule has 0 saturated carbocycles. The summed E-state index contributed by atoms with van der Waals surface area (Å²) in [5.41, 5.74) is -0.0641. The van der Waals surface area contributed by atoms with Crippen LogP contribution in [0.4, 0.5) is 19.0 Å². The molecule has 7 heteroatoms. The van der Waals surface area contributed by atoms with E-state index in [0.29, 0.717) is 6.42 Å². The van der Waals surface area contributed by atoms with Crippen molar-refractivity contribution in [2.75, 3.05) is 18.5 Å². The largest absolute Gasteiger partial charge is 0.433 e. The van der Waals surface area contributed by atoms with Crippen LogP contribution in [0.1, 0.15) is 29.2 Å². The number of nitriles is 1. The van der Waals surface area contributed by atoms with Gasteiger partial charge in [0.05, 0.1) is 5.56 Å². The second-order valence-electron chi connectivity index (χ2n) is 5.20. The van der Waals surface area contributed by atoms with Crippen LogP contribution in [0, 0.1) is 11.3 Å². The molecule has 0 spiro atoms. The van der Waals surface area contributed by atoms with E-state index in [9.17, 15) is 18.3 Å². The van der Waals surface area contributed by atoms with Crippen molar-refractivity contribution in [3.63, 3.8) is 0 Å². The van der Waals surface area contributed by atoms with Crippen molar-refractivity contribution < 1.29 is 18.3 Å². The van der Waals surface area contributed by atoms with Gasteiger partial charge in [0.2, 0.25) is 0 Å². The molecule has 1 unspecified atom stereocenters. The van der Waals surface area contributed by atoms with Crippen molar-refractivity contribution in [2.45, 2.75) is 18.5 Å². The van der Waals surface area contributed by atoms with E-state index < -0.39 is 11.9 Å². The van der Waals surface area contributed by atoms with Gasteiger partial charge in [-0.15, -0.1) is 0 Å². The second-order valence-corrected chi connectivity index (χ2v) is 5.20. The number of aromatic nitrogens is 1. The molecule has 0 bridgehead atoms. The molecule has 1 heterocycles. The SMILES string of the molecule is N#Cc1ccc(C(F)(F)F)nc1NCC(CCO)c1ccccc1. The zero-order valence-corrected chi connectivity index (χ0v) is 12.7. The van der Waals surface area contributed by atoms with Gasteiger partial charge in [-0.1, -0.05) is 30.3 Å². The molecular formula is C17H16F3N3O.